The Kier molecular flexibility index (Phi) is 11.7. The SMILES string of the molecule is COc1c(O)cccc1C(=O)N1CCN(C(=O)COc2cccc(OCCNC(=O)CNC(=O)c3ccc(C(C)(C)C)cc3)c2)CC1. The van der Waals surface area contributed by atoms with Crippen molar-refractivity contribution < 1.29 is 38.5 Å². The zero-order chi connectivity index (χ0) is 34.0. The molecular weight excluding hydrogens is 604 g/mol. The van der Waals surface area contributed by atoms with Gasteiger partial charge in [0.25, 0.3) is 17.7 Å². The minimum atomic E-state index is -0.340. The fraction of sp³-hybridized carbons (Fsp3) is 0.371. The molecule has 0 radical (unpaired) electrons. The van der Waals surface area contributed by atoms with E-state index in [4.69, 9.17) is 14.2 Å². The lowest BCUT2D eigenvalue weighted by Crippen LogP contribution is -2.51. The van der Waals surface area contributed by atoms with E-state index < -0.39 is 0 Å². The van der Waals surface area contributed by atoms with Crippen LogP contribution in [0.15, 0.2) is 66.7 Å². The van der Waals surface area contributed by atoms with E-state index in [1.165, 1.54) is 13.2 Å². The number of rotatable bonds is 12. The third kappa shape index (κ3) is 9.62. The average molecular weight is 647 g/mol. The lowest BCUT2D eigenvalue weighted by atomic mass is 9.87. The zero-order valence-electron chi connectivity index (χ0n) is 27.2. The van der Waals surface area contributed by atoms with Crippen LogP contribution in [0.1, 0.15) is 47.1 Å². The predicted octanol–water partition coefficient (Wildman–Crippen LogP) is 2.99. The summed E-state index contributed by atoms with van der Waals surface area (Å²) in [5.41, 5.74) is 1.85. The maximum Gasteiger partial charge on any atom is 0.260 e. The molecule has 12 heteroatoms. The molecule has 250 valence electrons. The van der Waals surface area contributed by atoms with Gasteiger partial charge in [-0.3, -0.25) is 19.2 Å². The summed E-state index contributed by atoms with van der Waals surface area (Å²) in [6, 6.07) is 18.8. The quantitative estimate of drug-likeness (QED) is 0.255. The van der Waals surface area contributed by atoms with Crippen LogP contribution in [-0.2, 0) is 15.0 Å². The van der Waals surface area contributed by atoms with Gasteiger partial charge in [-0.05, 0) is 47.4 Å². The van der Waals surface area contributed by atoms with Crippen molar-refractivity contribution in [2.24, 2.45) is 0 Å². The lowest BCUT2D eigenvalue weighted by molar-refractivity contribution is -0.134. The molecule has 0 saturated carbocycles. The molecular formula is C35H42N4O8. The fourth-order valence-corrected chi connectivity index (χ4v) is 4.93. The van der Waals surface area contributed by atoms with Gasteiger partial charge in [0.05, 0.1) is 25.8 Å². The van der Waals surface area contributed by atoms with Crippen molar-refractivity contribution in [1.82, 2.24) is 20.4 Å². The van der Waals surface area contributed by atoms with Gasteiger partial charge in [-0.15, -0.1) is 0 Å². The molecule has 3 N–H and O–H groups in total. The first-order chi connectivity index (χ1) is 22.5. The molecule has 0 unspecified atom stereocenters. The number of piperazine rings is 1. The number of benzene rings is 3. The molecule has 1 aliphatic heterocycles. The van der Waals surface area contributed by atoms with Crippen LogP contribution < -0.4 is 24.8 Å². The van der Waals surface area contributed by atoms with E-state index in [1.54, 1.807) is 58.3 Å². The standard InChI is InChI=1S/C35H42N4O8/c1-35(2,3)25-13-11-24(12-14-25)33(43)37-22-30(41)36-15-20-46-26-7-5-8-27(21-26)47-23-31(42)38-16-18-39(19-17-38)34(44)28-9-6-10-29(40)32(28)45-4/h5-14,21,40H,15-20,22-23H2,1-4H3,(H,36,41)(H,37,43). The van der Waals surface area contributed by atoms with Gasteiger partial charge >= 0.3 is 0 Å². The Hall–Kier alpha value is -5.26. The molecule has 47 heavy (non-hydrogen) atoms. The molecule has 1 heterocycles. The van der Waals surface area contributed by atoms with Gasteiger partial charge in [0.15, 0.2) is 18.1 Å². The second kappa shape index (κ2) is 15.8. The molecule has 0 aliphatic carbocycles. The van der Waals surface area contributed by atoms with E-state index in [0.717, 1.165) is 5.56 Å². The van der Waals surface area contributed by atoms with Crippen LogP contribution in [0.25, 0.3) is 0 Å². The molecule has 0 aromatic heterocycles. The van der Waals surface area contributed by atoms with Gasteiger partial charge in [0, 0.05) is 37.8 Å². The largest absolute Gasteiger partial charge is 0.504 e. The van der Waals surface area contributed by atoms with Crippen molar-refractivity contribution in [1.29, 1.82) is 0 Å². The first kappa shape index (κ1) is 34.6. The van der Waals surface area contributed by atoms with Crippen LogP contribution in [0.2, 0.25) is 0 Å². The van der Waals surface area contributed by atoms with Crippen molar-refractivity contribution in [3.8, 4) is 23.0 Å². The second-order valence-electron chi connectivity index (χ2n) is 12.0. The summed E-state index contributed by atoms with van der Waals surface area (Å²) in [6.07, 6.45) is 0. The molecule has 0 spiro atoms. The summed E-state index contributed by atoms with van der Waals surface area (Å²) in [6.45, 7) is 7.73. The van der Waals surface area contributed by atoms with E-state index in [2.05, 4.69) is 31.4 Å². The van der Waals surface area contributed by atoms with Crippen LogP contribution in [0.4, 0.5) is 0 Å². The van der Waals surface area contributed by atoms with Crippen molar-refractivity contribution in [2.75, 3.05) is 59.6 Å². The number of nitrogens with zero attached hydrogens (tertiary/aromatic N) is 2. The molecule has 3 aromatic carbocycles. The number of ether oxygens (including phenoxy) is 3. The maximum absolute atomic E-state index is 13.0. The minimum Gasteiger partial charge on any atom is -0.504 e. The molecule has 4 amide bonds. The average Bonchev–Trinajstić information content (AvgIpc) is 3.07. The van der Waals surface area contributed by atoms with Crippen molar-refractivity contribution >= 4 is 23.6 Å². The van der Waals surface area contributed by atoms with Crippen LogP contribution in [-0.4, -0.2) is 98.1 Å². The molecule has 1 saturated heterocycles. The first-order valence-corrected chi connectivity index (χ1v) is 15.4. The third-order valence-electron chi connectivity index (χ3n) is 7.63. The van der Waals surface area contributed by atoms with Gasteiger partial charge in [-0.1, -0.05) is 45.0 Å². The van der Waals surface area contributed by atoms with Gasteiger partial charge in [0.2, 0.25) is 5.91 Å². The van der Waals surface area contributed by atoms with Crippen LogP contribution in [0, 0.1) is 0 Å². The van der Waals surface area contributed by atoms with Crippen LogP contribution in [0.5, 0.6) is 23.0 Å². The number of para-hydroxylation sites is 1. The number of phenolic OH excluding ortho intramolecular Hbond substituents is 1. The van der Waals surface area contributed by atoms with Gasteiger partial charge in [0.1, 0.15) is 18.1 Å². The minimum absolute atomic E-state index is 0.0148. The third-order valence-corrected chi connectivity index (χ3v) is 7.63. The molecule has 12 nitrogen and oxygen atoms in total. The molecule has 1 aliphatic rings. The Bertz CT molecular complexity index is 1560. The number of nitrogens with one attached hydrogen (secondary N) is 2. The maximum atomic E-state index is 13.0. The van der Waals surface area contributed by atoms with Crippen molar-refractivity contribution in [2.45, 2.75) is 26.2 Å². The second-order valence-corrected chi connectivity index (χ2v) is 12.0. The zero-order valence-corrected chi connectivity index (χ0v) is 27.2. The van der Waals surface area contributed by atoms with E-state index >= 15 is 0 Å². The summed E-state index contributed by atoms with van der Waals surface area (Å²) in [5.74, 6) is -0.184. The van der Waals surface area contributed by atoms with Gasteiger partial charge in [-0.25, -0.2) is 0 Å². The summed E-state index contributed by atoms with van der Waals surface area (Å²) in [4.78, 5) is 53.6. The number of carbonyl (C=O) groups is 4. The number of methoxy groups -OCH3 is 1. The smallest absolute Gasteiger partial charge is 0.260 e. The topological polar surface area (TPSA) is 147 Å². The highest BCUT2D eigenvalue weighted by Gasteiger charge is 2.27. The van der Waals surface area contributed by atoms with Crippen molar-refractivity contribution in [3.05, 3.63) is 83.4 Å². The monoisotopic (exact) mass is 646 g/mol. The molecule has 0 atom stereocenters. The molecule has 1 fully saturated rings. The summed E-state index contributed by atoms with van der Waals surface area (Å²) >= 11 is 0. The summed E-state index contributed by atoms with van der Waals surface area (Å²) in [5, 5.41) is 15.3. The Morgan fingerprint density at radius 1 is 0.830 bits per heavy atom. The number of hydrogen-bond donors (Lipinski definition) is 3. The van der Waals surface area contributed by atoms with E-state index in [0.29, 0.717) is 43.2 Å². The highest BCUT2D eigenvalue weighted by Crippen LogP contribution is 2.30. The Morgan fingerprint density at radius 3 is 2.13 bits per heavy atom. The fourth-order valence-electron chi connectivity index (χ4n) is 4.93. The summed E-state index contributed by atoms with van der Waals surface area (Å²) < 4.78 is 16.6. The number of phenols is 1. The van der Waals surface area contributed by atoms with E-state index in [9.17, 15) is 24.3 Å². The number of carbonyl (C=O) groups excluding carboxylic acids is 4. The number of amides is 4. The van der Waals surface area contributed by atoms with E-state index in [1.807, 2.05) is 12.1 Å². The molecule has 4 rings (SSSR count). The summed E-state index contributed by atoms with van der Waals surface area (Å²) in [7, 11) is 1.39. The normalized spacial score (nSPS) is 13.0. The number of hydrogen-bond acceptors (Lipinski definition) is 8. The van der Waals surface area contributed by atoms with Gasteiger partial charge < -0.3 is 39.8 Å². The van der Waals surface area contributed by atoms with Crippen LogP contribution >= 0.6 is 0 Å². The Morgan fingerprint density at radius 2 is 1.47 bits per heavy atom. The van der Waals surface area contributed by atoms with E-state index in [-0.39, 0.29) is 72.4 Å². The van der Waals surface area contributed by atoms with Gasteiger partial charge in [-0.2, -0.15) is 0 Å². The van der Waals surface area contributed by atoms with Crippen LogP contribution in [0.3, 0.4) is 0 Å². The highest BCUT2D eigenvalue weighted by atomic mass is 16.5. The Balaban J connectivity index is 1.13. The Labute approximate surface area is 274 Å². The van der Waals surface area contributed by atoms with Crippen molar-refractivity contribution in [3.63, 3.8) is 0 Å². The molecule has 3 aromatic rings. The highest BCUT2D eigenvalue weighted by molar-refractivity contribution is 5.98. The first-order valence-electron chi connectivity index (χ1n) is 15.4. The lowest BCUT2D eigenvalue weighted by Gasteiger charge is -2.35. The molecule has 0 bridgehead atoms. The predicted molar refractivity (Wildman–Crippen MR) is 175 cm³/mol. The number of aromatic hydroxyl groups is 1.